The molecule has 70 valence electrons. The van der Waals surface area contributed by atoms with Gasteiger partial charge in [-0.1, -0.05) is 25.1 Å². The van der Waals surface area contributed by atoms with Crippen molar-refractivity contribution in [3.8, 4) is 0 Å². The number of aryl methyl sites for hydroxylation is 1. The lowest BCUT2D eigenvalue weighted by Gasteiger charge is -2.14. The molecule has 2 rings (SSSR count). The van der Waals surface area contributed by atoms with E-state index in [1.165, 1.54) is 16.7 Å². The van der Waals surface area contributed by atoms with Gasteiger partial charge in [0.1, 0.15) is 0 Å². The zero-order valence-electron chi connectivity index (χ0n) is 8.30. The van der Waals surface area contributed by atoms with E-state index < -0.39 is 5.60 Å². The van der Waals surface area contributed by atoms with E-state index in [0.717, 1.165) is 19.3 Å². The average Bonchev–Trinajstić information content (AvgIpc) is 2.37. The Morgan fingerprint density at radius 2 is 2.15 bits per heavy atom. The van der Waals surface area contributed by atoms with E-state index in [0.29, 0.717) is 0 Å². The summed E-state index contributed by atoms with van der Waals surface area (Å²) in [6, 6.07) is 6.40. The zero-order chi connectivity index (χ0) is 9.47. The van der Waals surface area contributed by atoms with Crippen LogP contribution in [0.3, 0.4) is 0 Å². The monoisotopic (exact) mass is 176 g/mol. The molecule has 0 heterocycles. The van der Waals surface area contributed by atoms with E-state index in [1.807, 2.05) is 6.92 Å². The molecule has 0 radical (unpaired) electrons. The van der Waals surface area contributed by atoms with Crippen molar-refractivity contribution in [3.05, 3.63) is 34.9 Å². The predicted octanol–water partition coefficient (Wildman–Crippen LogP) is 2.10. The van der Waals surface area contributed by atoms with Crippen molar-refractivity contribution in [1.82, 2.24) is 0 Å². The maximum Gasteiger partial charge on any atom is 0.0700 e. The van der Waals surface area contributed by atoms with Crippen molar-refractivity contribution in [2.75, 3.05) is 0 Å². The van der Waals surface area contributed by atoms with Crippen LogP contribution < -0.4 is 0 Å². The van der Waals surface area contributed by atoms with Crippen molar-refractivity contribution in [1.29, 1.82) is 0 Å². The van der Waals surface area contributed by atoms with Gasteiger partial charge in [0.15, 0.2) is 0 Å². The average molecular weight is 176 g/mol. The highest BCUT2D eigenvalue weighted by atomic mass is 16.3. The van der Waals surface area contributed by atoms with Crippen molar-refractivity contribution in [2.45, 2.75) is 38.7 Å². The summed E-state index contributed by atoms with van der Waals surface area (Å²) in [5.41, 5.74) is 3.61. The Bertz CT molecular complexity index is 326. The molecule has 0 saturated carbocycles. The summed E-state index contributed by atoms with van der Waals surface area (Å²) >= 11 is 0. The molecular weight excluding hydrogens is 160 g/mol. The number of hydrogen-bond acceptors (Lipinski definition) is 1. The van der Waals surface area contributed by atoms with Gasteiger partial charge in [-0.15, -0.1) is 0 Å². The van der Waals surface area contributed by atoms with Gasteiger partial charge in [-0.2, -0.15) is 0 Å². The molecule has 0 saturated heterocycles. The van der Waals surface area contributed by atoms with Crippen molar-refractivity contribution < 1.29 is 5.11 Å². The van der Waals surface area contributed by atoms with Gasteiger partial charge in [-0.3, -0.25) is 0 Å². The number of aliphatic hydroxyl groups is 1. The third kappa shape index (κ3) is 1.49. The smallest absolute Gasteiger partial charge is 0.0700 e. The topological polar surface area (TPSA) is 20.2 Å². The molecule has 1 atom stereocenters. The fraction of sp³-hybridized carbons (Fsp3) is 0.500. The minimum atomic E-state index is -0.506. The summed E-state index contributed by atoms with van der Waals surface area (Å²) in [7, 11) is 0. The summed E-state index contributed by atoms with van der Waals surface area (Å²) in [6.45, 7) is 4.09. The van der Waals surface area contributed by atoms with Gasteiger partial charge in [-0.05, 0) is 30.0 Å². The maximum atomic E-state index is 9.94. The number of hydrogen-bond donors (Lipinski definition) is 1. The van der Waals surface area contributed by atoms with E-state index in [1.54, 1.807) is 0 Å². The molecule has 13 heavy (non-hydrogen) atoms. The Kier molecular flexibility index (Phi) is 1.92. The number of fused-ring (bicyclic) bond motifs is 1. The van der Waals surface area contributed by atoms with Crippen LogP contribution in [0.15, 0.2) is 18.2 Å². The van der Waals surface area contributed by atoms with Crippen LogP contribution in [-0.4, -0.2) is 10.7 Å². The molecule has 1 aromatic carbocycles. The molecule has 0 amide bonds. The highest BCUT2D eigenvalue weighted by Gasteiger charge is 2.31. The van der Waals surface area contributed by atoms with Crippen LogP contribution >= 0.6 is 0 Å². The molecule has 1 unspecified atom stereocenters. The van der Waals surface area contributed by atoms with Crippen LogP contribution in [0.2, 0.25) is 0 Å². The van der Waals surface area contributed by atoms with E-state index >= 15 is 0 Å². The van der Waals surface area contributed by atoms with Crippen LogP contribution in [-0.2, 0) is 19.3 Å². The predicted molar refractivity (Wildman–Crippen MR) is 53.9 cm³/mol. The second kappa shape index (κ2) is 2.85. The first-order valence-corrected chi connectivity index (χ1v) is 4.94. The summed E-state index contributed by atoms with van der Waals surface area (Å²) < 4.78 is 0. The van der Waals surface area contributed by atoms with Gasteiger partial charge in [0.2, 0.25) is 0 Å². The Balaban J connectivity index is 2.45. The molecule has 0 fully saturated rings. The first kappa shape index (κ1) is 8.76. The largest absolute Gasteiger partial charge is 0.389 e. The lowest BCUT2D eigenvalue weighted by atomic mass is 10.0. The molecule has 0 aromatic heterocycles. The molecule has 1 aliphatic rings. The maximum absolute atomic E-state index is 9.94. The van der Waals surface area contributed by atoms with E-state index in [9.17, 15) is 5.11 Å². The standard InChI is InChI=1S/C12H16O/c1-3-9-5-4-6-10-7-12(2,13)8-11(9)10/h4-6,13H,3,7-8H2,1-2H3. The quantitative estimate of drug-likeness (QED) is 0.694. The van der Waals surface area contributed by atoms with Crippen LogP contribution in [0.25, 0.3) is 0 Å². The summed E-state index contributed by atoms with van der Waals surface area (Å²) in [4.78, 5) is 0. The zero-order valence-corrected chi connectivity index (χ0v) is 8.30. The Labute approximate surface area is 79.4 Å². The number of benzene rings is 1. The lowest BCUT2D eigenvalue weighted by molar-refractivity contribution is 0.0717. The highest BCUT2D eigenvalue weighted by molar-refractivity contribution is 5.41. The summed E-state index contributed by atoms with van der Waals surface area (Å²) in [5.74, 6) is 0. The SMILES string of the molecule is CCc1cccc2c1CC(C)(O)C2. The van der Waals surface area contributed by atoms with Gasteiger partial charge in [0, 0.05) is 12.8 Å². The third-order valence-electron chi connectivity index (χ3n) is 2.88. The molecular formula is C12H16O. The van der Waals surface area contributed by atoms with Crippen LogP contribution in [0.5, 0.6) is 0 Å². The van der Waals surface area contributed by atoms with Gasteiger partial charge in [0.05, 0.1) is 5.60 Å². The Hall–Kier alpha value is -0.820. The molecule has 1 heteroatoms. The van der Waals surface area contributed by atoms with E-state index in [2.05, 4.69) is 25.1 Å². The van der Waals surface area contributed by atoms with Crippen LogP contribution in [0.1, 0.15) is 30.5 Å². The summed E-state index contributed by atoms with van der Waals surface area (Å²) in [5, 5.41) is 9.94. The number of rotatable bonds is 1. The third-order valence-corrected chi connectivity index (χ3v) is 2.88. The molecule has 1 nitrogen and oxygen atoms in total. The first-order chi connectivity index (χ1) is 6.12. The minimum Gasteiger partial charge on any atom is -0.389 e. The molecule has 0 bridgehead atoms. The lowest BCUT2D eigenvalue weighted by Crippen LogP contribution is -2.23. The summed E-state index contributed by atoms with van der Waals surface area (Å²) in [6.07, 6.45) is 2.71. The Morgan fingerprint density at radius 1 is 1.38 bits per heavy atom. The normalized spacial score (nSPS) is 26.1. The highest BCUT2D eigenvalue weighted by Crippen LogP contribution is 2.32. The molecule has 0 spiro atoms. The molecule has 1 aromatic rings. The molecule has 1 aliphatic carbocycles. The molecule has 0 aliphatic heterocycles. The van der Waals surface area contributed by atoms with Crippen LogP contribution in [0.4, 0.5) is 0 Å². The second-order valence-electron chi connectivity index (χ2n) is 4.26. The van der Waals surface area contributed by atoms with Crippen molar-refractivity contribution >= 4 is 0 Å². The van der Waals surface area contributed by atoms with Crippen molar-refractivity contribution in [3.63, 3.8) is 0 Å². The fourth-order valence-electron chi connectivity index (χ4n) is 2.27. The second-order valence-corrected chi connectivity index (χ2v) is 4.26. The fourth-order valence-corrected chi connectivity index (χ4v) is 2.27. The Morgan fingerprint density at radius 3 is 2.85 bits per heavy atom. The van der Waals surface area contributed by atoms with E-state index in [4.69, 9.17) is 0 Å². The minimum absolute atomic E-state index is 0.506. The molecule has 1 N–H and O–H groups in total. The van der Waals surface area contributed by atoms with Gasteiger partial charge in [0.25, 0.3) is 0 Å². The van der Waals surface area contributed by atoms with Gasteiger partial charge in [-0.25, -0.2) is 0 Å². The van der Waals surface area contributed by atoms with Crippen LogP contribution in [0, 0.1) is 0 Å². The van der Waals surface area contributed by atoms with E-state index in [-0.39, 0.29) is 0 Å². The van der Waals surface area contributed by atoms with Gasteiger partial charge >= 0.3 is 0 Å². The van der Waals surface area contributed by atoms with Gasteiger partial charge < -0.3 is 5.11 Å². The van der Waals surface area contributed by atoms with Crippen molar-refractivity contribution in [2.24, 2.45) is 0 Å². The first-order valence-electron chi connectivity index (χ1n) is 4.94.